The number of hydrogen-bond donors (Lipinski definition) is 1. The van der Waals surface area contributed by atoms with E-state index in [2.05, 4.69) is 21.2 Å². The highest BCUT2D eigenvalue weighted by Gasteiger charge is 2.27. The van der Waals surface area contributed by atoms with E-state index in [0.717, 1.165) is 14.3 Å². The molecule has 4 aromatic rings. The number of hydrogen-bond acceptors (Lipinski definition) is 4. The van der Waals surface area contributed by atoms with Gasteiger partial charge in [0.1, 0.15) is 18.0 Å². The maximum Gasteiger partial charge on any atom is 0.264 e. The minimum Gasteiger partial charge on any atom is -0.457 e. The first-order valence-electron chi connectivity index (χ1n) is 10.8. The Kier molecular flexibility index (Phi) is 7.53. The Hall–Kier alpha value is -3.62. The number of ether oxygens (including phenoxy) is 1. The van der Waals surface area contributed by atoms with E-state index in [9.17, 15) is 13.2 Å². The summed E-state index contributed by atoms with van der Waals surface area (Å²) >= 11 is 3.43. The second-order valence-corrected chi connectivity index (χ2v) is 10.5. The summed E-state index contributed by atoms with van der Waals surface area (Å²) in [5.41, 5.74) is 1.88. The van der Waals surface area contributed by atoms with Gasteiger partial charge in [-0.2, -0.15) is 0 Å². The van der Waals surface area contributed by atoms with Crippen molar-refractivity contribution in [3.05, 3.63) is 113 Å². The van der Waals surface area contributed by atoms with E-state index in [1.54, 1.807) is 48.5 Å². The molecular formula is C27H23BrN2O4S. The Balaban J connectivity index is 1.61. The highest BCUT2D eigenvalue weighted by atomic mass is 79.9. The van der Waals surface area contributed by atoms with E-state index in [1.807, 2.05) is 49.4 Å². The molecule has 35 heavy (non-hydrogen) atoms. The molecule has 0 fully saturated rings. The molecule has 4 aromatic carbocycles. The van der Waals surface area contributed by atoms with Crippen LogP contribution < -0.4 is 14.4 Å². The number of para-hydroxylation sites is 1. The number of carbonyl (C=O) groups is 1. The molecule has 0 spiro atoms. The number of amides is 1. The van der Waals surface area contributed by atoms with E-state index in [0.29, 0.717) is 22.9 Å². The lowest BCUT2D eigenvalue weighted by atomic mass is 10.2. The summed E-state index contributed by atoms with van der Waals surface area (Å²) in [6.07, 6.45) is 0. The first kappa shape index (κ1) is 24.5. The van der Waals surface area contributed by atoms with E-state index >= 15 is 0 Å². The normalized spacial score (nSPS) is 11.0. The summed E-state index contributed by atoms with van der Waals surface area (Å²) in [5.74, 6) is 0.751. The molecule has 8 heteroatoms. The molecule has 1 N–H and O–H groups in total. The van der Waals surface area contributed by atoms with Crippen molar-refractivity contribution in [1.29, 1.82) is 0 Å². The molecule has 6 nitrogen and oxygen atoms in total. The molecule has 0 aromatic heterocycles. The van der Waals surface area contributed by atoms with Crippen molar-refractivity contribution in [2.24, 2.45) is 0 Å². The Bertz CT molecular complexity index is 1410. The minimum atomic E-state index is -4.00. The van der Waals surface area contributed by atoms with Crippen LogP contribution in [-0.4, -0.2) is 20.9 Å². The summed E-state index contributed by atoms with van der Waals surface area (Å²) in [5, 5.41) is 2.79. The number of nitrogens with zero attached hydrogens (tertiary/aromatic N) is 1. The number of sulfonamides is 1. The van der Waals surface area contributed by atoms with Gasteiger partial charge >= 0.3 is 0 Å². The van der Waals surface area contributed by atoms with Gasteiger partial charge in [0.2, 0.25) is 5.91 Å². The molecule has 0 radical (unpaired) electrons. The summed E-state index contributed by atoms with van der Waals surface area (Å²) in [7, 11) is -4.00. The zero-order valence-corrected chi connectivity index (χ0v) is 21.3. The number of anilines is 2. The highest BCUT2D eigenvalue weighted by Crippen LogP contribution is 2.28. The number of rotatable bonds is 8. The van der Waals surface area contributed by atoms with E-state index in [1.165, 1.54) is 12.1 Å². The number of carbonyl (C=O) groups excluding carboxylic acids is 1. The van der Waals surface area contributed by atoms with Gasteiger partial charge in [0, 0.05) is 10.2 Å². The minimum absolute atomic E-state index is 0.0944. The Morgan fingerprint density at radius 1 is 0.857 bits per heavy atom. The van der Waals surface area contributed by atoms with Crippen molar-refractivity contribution in [2.45, 2.75) is 11.8 Å². The van der Waals surface area contributed by atoms with Gasteiger partial charge in [0.15, 0.2) is 0 Å². The van der Waals surface area contributed by atoms with Crippen LogP contribution in [0.4, 0.5) is 11.4 Å². The SMILES string of the molecule is Cc1cc(NC(=O)CN(c2ccc(Oc3ccccc3)cc2)S(=O)(=O)c2ccccc2)ccc1Br. The molecule has 0 heterocycles. The highest BCUT2D eigenvalue weighted by molar-refractivity contribution is 9.10. The average Bonchev–Trinajstić information content (AvgIpc) is 2.86. The number of nitrogens with one attached hydrogen (secondary N) is 1. The molecule has 0 aliphatic carbocycles. The van der Waals surface area contributed by atoms with Gasteiger partial charge in [-0.1, -0.05) is 52.3 Å². The fourth-order valence-corrected chi connectivity index (χ4v) is 5.08. The predicted molar refractivity (Wildman–Crippen MR) is 141 cm³/mol. The van der Waals surface area contributed by atoms with Gasteiger partial charge in [-0.05, 0) is 79.2 Å². The molecule has 0 aliphatic rings. The summed E-state index contributed by atoms with van der Waals surface area (Å²) in [4.78, 5) is 13.0. The van der Waals surface area contributed by atoms with Crippen molar-refractivity contribution < 1.29 is 17.9 Å². The van der Waals surface area contributed by atoms with Crippen LogP contribution in [0.15, 0.2) is 112 Å². The smallest absolute Gasteiger partial charge is 0.264 e. The third-order valence-corrected chi connectivity index (χ3v) is 7.84. The maximum absolute atomic E-state index is 13.5. The number of halogens is 1. The van der Waals surface area contributed by atoms with Gasteiger partial charge < -0.3 is 10.1 Å². The molecule has 4 rings (SSSR count). The van der Waals surface area contributed by atoms with Gasteiger partial charge in [-0.3, -0.25) is 9.10 Å². The van der Waals surface area contributed by atoms with E-state index < -0.39 is 22.5 Å². The largest absolute Gasteiger partial charge is 0.457 e. The molecule has 0 saturated carbocycles. The second-order valence-electron chi connectivity index (χ2n) is 7.75. The molecule has 178 valence electrons. The number of benzene rings is 4. The molecular weight excluding hydrogens is 528 g/mol. The number of aryl methyl sites for hydroxylation is 1. The zero-order valence-electron chi connectivity index (χ0n) is 18.9. The van der Waals surface area contributed by atoms with Crippen LogP contribution in [0.2, 0.25) is 0 Å². The first-order chi connectivity index (χ1) is 16.8. The Morgan fingerprint density at radius 2 is 1.46 bits per heavy atom. The molecule has 0 bridgehead atoms. The van der Waals surface area contributed by atoms with Gasteiger partial charge in [0.25, 0.3) is 10.0 Å². The second kappa shape index (κ2) is 10.8. The van der Waals surface area contributed by atoms with Crippen LogP contribution in [0.3, 0.4) is 0 Å². The predicted octanol–water partition coefficient (Wildman–Crippen LogP) is 6.38. The van der Waals surface area contributed by atoms with Crippen LogP contribution in [0.1, 0.15) is 5.56 Å². The maximum atomic E-state index is 13.5. The summed E-state index contributed by atoms with van der Waals surface area (Å²) in [6.45, 7) is 1.51. The van der Waals surface area contributed by atoms with Crippen molar-refractivity contribution in [3.63, 3.8) is 0 Å². The summed E-state index contributed by atoms with van der Waals surface area (Å²) < 4.78 is 34.8. The molecule has 0 aliphatic heterocycles. The topological polar surface area (TPSA) is 75.7 Å². The van der Waals surface area contributed by atoms with Gasteiger partial charge in [-0.25, -0.2) is 8.42 Å². The first-order valence-corrected chi connectivity index (χ1v) is 13.0. The van der Waals surface area contributed by atoms with E-state index in [-0.39, 0.29) is 4.90 Å². The van der Waals surface area contributed by atoms with Crippen molar-refractivity contribution in [2.75, 3.05) is 16.2 Å². The molecule has 0 atom stereocenters. The zero-order chi connectivity index (χ0) is 24.8. The fraction of sp³-hybridized carbons (Fsp3) is 0.0741. The monoisotopic (exact) mass is 550 g/mol. The summed E-state index contributed by atoms with van der Waals surface area (Å²) in [6, 6.07) is 29.3. The van der Waals surface area contributed by atoms with Crippen LogP contribution in [0.25, 0.3) is 0 Å². The van der Waals surface area contributed by atoms with Crippen LogP contribution in [0.5, 0.6) is 11.5 Å². The van der Waals surface area contributed by atoms with E-state index in [4.69, 9.17) is 4.74 Å². The standard InChI is InChI=1S/C27H23BrN2O4S/c1-20-18-21(12-17-26(20)28)29-27(31)19-30(35(32,33)25-10-6-3-7-11-25)22-13-15-24(16-14-22)34-23-8-4-2-5-9-23/h2-18H,19H2,1H3,(H,29,31). The third kappa shape index (κ3) is 6.09. The van der Waals surface area contributed by atoms with Crippen molar-refractivity contribution in [1.82, 2.24) is 0 Å². The average molecular weight is 551 g/mol. The lowest BCUT2D eigenvalue weighted by molar-refractivity contribution is -0.114. The van der Waals surface area contributed by atoms with Crippen molar-refractivity contribution >= 4 is 43.2 Å². The Morgan fingerprint density at radius 3 is 2.09 bits per heavy atom. The lowest BCUT2D eigenvalue weighted by Crippen LogP contribution is -2.38. The van der Waals surface area contributed by atoms with Gasteiger partial charge in [-0.15, -0.1) is 0 Å². The quantitative estimate of drug-likeness (QED) is 0.276. The molecule has 1 amide bonds. The van der Waals surface area contributed by atoms with Crippen LogP contribution in [-0.2, 0) is 14.8 Å². The molecule has 0 saturated heterocycles. The fourth-order valence-electron chi connectivity index (χ4n) is 3.39. The van der Waals surface area contributed by atoms with Crippen LogP contribution >= 0.6 is 15.9 Å². The Labute approximate surface area is 213 Å². The lowest BCUT2D eigenvalue weighted by Gasteiger charge is -2.24. The van der Waals surface area contributed by atoms with Crippen molar-refractivity contribution in [3.8, 4) is 11.5 Å². The third-order valence-electron chi connectivity index (χ3n) is 5.16. The molecule has 0 unspecified atom stereocenters. The van der Waals surface area contributed by atoms with Crippen LogP contribution in [0, 0.1) is 6.92 Å². The van der Waals surface area contributed by atoms with Gasteiger partial charge in [0.05, 0.1) is 10.6 Å².